The summed E-state index contributed by atoms with van der Waals surface area (Å²) < 4.78 is 42.9. The molecule has 3 aromatic carbocycles. The van der Waals surface area contributed by atoms with E-state index in [4.69, 9.17) is 0 Å². The number of amides is 2. The van der Waals surface area contributed by atoms with Gasteiger partial charge in [0.05, 0.1) is 10.6 Å². The Morgan fingerprint density at radius 3 is 2.16 bits per heavy atom. The lowest BCUT2D eigenvalue weighted by atomic mass is 10.1. The van der Waals surface area contributed by atoms with Gasteiger partial charge in [0.2, 0.25) is 11.8 Å². The molecule has 0 saturated carbocycles. The lowest BCUT2D eigenvalue weighted by Crippen LogP contribution is -2.52. The monoisotopic (exact) mass is 539 g/mol. The number of unbranched alkanes of at least 4 members (excludes halogenated alkanes) is 1. The molecule has 3 rings (SSSR count). The molecule has 0 spiro atoms. The molecule has 0 aliphatic heterocycles. The second-order valence-electron chi connectivity index (χ2n) is 8.92. The van der Waals surface area contributed by atoms with Gasteiger partial charge in [-0.3, -0.25) is 13.9 Å². The van der Waals surface area contributed by atoms with Gasteiger partial charge in [-0.1, -0.05) is 74.0 Å². The second kappa shape index (κ2) is 13.7. The zero-order valence-electron chi connectivity index (χ0n) is 21.7. The van der Waals surface area contributed by atoms with Crippen molar-refractivity contribution in [3.8, 4) is 0 Å². The Morgan fingerprint density at radius 1 is 0.921 bits per heavy atom. The highest BCUT2D eigenvalue weighted by Gasteiger charge is 2.33. The molecule has 1 atom stereocenters. The van der Waals surface area contributed by atoms with Gasteiger partial charge in [0.25, 0.3) is 10.0 Å². The van der Waals surface area contributed by atoms with Crippen LogP contribution >= 0.6 is 0 Å². The van der Waals surface area contributed by atoms with Crippen LogP contribution in [0.3, 0.4) is 0 Å². The molecule has 0 radical (unpaired) electrons. The average molecular weight is 540 g/mol. The van der Waals surface area contributed by atoms with Crippen LogP contribution in [0.1, 0.15) is 32.3 Å². The lowest BCUT2D eigenvalue weighted by molar-refractivity contribution is -0.138. The van der Waals surface area contributed by atoms with E-state index in [-0.39, 0.29) is 23.0 Å². The molecule has 9 heteroatoms. The molecule has 0 heterocycles. The second-order valence-corrected chi connectivity index (χ2v) is 10.8. The highest BCUT2D eigenvalue weighted by Crippen LogP contribution is 2.26. The molecule has 202 valence electrons. The number of carbonyl (C=O) groups excluding carboxylic acids is 2. The highest BCUT2D eigenvalue weighted by molar-refractivity contribution is 7.92. The summed E-state index contributed by atoms with van der Waals surface area (Å²) in [6.45, 7) is 3.62. The summed E-state index contributed by atoms with van der Waals surface area (Å²) in [6.07, 6.45) is 2.16. The van der Waals surface area contributed by atoms with Crippen molar-refractivity contribution in [2.24, 2.45) is 0 Å². The van der Waals surface area contributed by atoms with E-state index in [0.29, 0.717) is 13.0 Å². The number of sulfonamides is 1. The van der Waals surface area contributed by atoms with Gasteiger partial charge in [0.1, 0.15) is 18.4 Å². The highest BCUT2D eigenvalue weighted by atomic mass is 32.2. The maximum atomic E-state index is 14.9. The van der Waals surface area contributed by atoms with Gasteiger partial charge in [-0.25, -0.2) is 12.8 Å². The Kier molecular flexibility index (Phi) is 10.4. The largest absolute Gasteiger partial charge is 0.354 e. The number of hydrogen-bond acceptors (Lipinski definition) is 4. The maximum Gasteiger partial charge on any atom is 0.264 e. The molecule has 38 heavy (non-hydrogen) atoms. The summed E-state index contributed by atoms with van der Waals surface area (Å²) in [6, 6.07) is 21.6. The lowest BCUT2D eigenvalue weighted by Gasteiger charge is -2.32. The van der Waals surface area contributed by atoms with Crippen molar-refractivity contribution in [2.75, 3.05) is 23.9 Å². The Morgan fingerprint density at radius 2 is 1.53 bits per heavy atom. The van der Waals surface area contributed by atoms with E-state index < -0.39 is 34.3 Å². The van der Waals surface area contributed by atoms with Crippen LogP contribution in [-0.2, 0) is 26.0 Å². The fourth-order valence-corrected chi connectivity index (χ4v) is 5.44. The van der Waals surface area contributed by atoms with Crippen molar-refractivity contribution < 1.29 is 22.4 Å². The Labute approximate surface area is 224 Å². The van der Waals surface area contributed by atoms with E-state index >= 15 is 0 Å². The van der Waals surface area contributed by atoms with Gasteiger partial charge < -0.3 is 10.2 Å². The van der Waals surface area contributed by atoms with Crippen LogP contribution in [0.15, 0.2) is 89.8 Å². The normalized spacial score (nSPS) is 12.0. The molecular weight excluding hydrogens is 505 g/mol. The third-order valence-electron chi connectivity index (χ3n) is 6.21. The summed E-state index contributed by atoms with van der Waals surface area (Å²) >= 11 is 0. The van der Waals surface area contributed by atoms with Gasteiger partial charge in [-0.15, -0.1) is 0 Å². The third-order valence-corrected chi connectivity index (χ3v) is 7.99. The SMILES string of the molecule is CCCCNC(=O)[C@H](C)N(CCc1ccccc1)C(=O)CN(c1ccccc1F)S(=O)(=O)c1ccccc1. The Bertz CT molecular complexity index is 1300. The Hall–Kier alpha value is -3.72. The number of hydrogen-bond donors (Lipinski definition) is 1. The van der Waals surface area contributed by atoms with Crippen LogP contribution in [0, 0.1) is 5.82 Å². The molecule has 0 saturated heterocycles. The van der Waals surface area contributed by atoms with Crippen molar-refractivity contribution in [3.63, 3.8) is 0 Å². The van der Waals surface area contributed by atoms with Crippen LogP contribution in [-0.4, -0.2) is 50.8 Å². The first-order valence-electron chi connectivity index (χ1n) is 12.7. The van der Waals surface area contributed by atoms with Crippen molar-refractivity contribution in [1.82, 2.24) is 10.2 Å². The summed E-state index contributed by atoms with van der Waals surface area (Å²) in [7, 11) is -4.29. The number of halogens is 1. The molecule has 3 aromatic rings. The van der Waals surface area contributed by atoms with Crippen LogP contribution in [0.5, 0.6) is 0 Å². The van der Waals surface area contributed by atoms with E-state index in [2.05, 4.69) is 5.32 Å². The van der Waals surface area contributed by atoms with E-state index in [0.717, 1.165) is 28.8 Å². The molecule has 0 aromatic heterocycles. The first kappa shape index (κ1) is 28.8. The van der Waals surface area contributed by atoms with Crippen LogP contribution in [0.2, 0.25) is 0 Å². The number of benzene rings is 3. The summed E-state index contributed by atoms with van der Waals surface area (Å²) in [5.74, 6) is -1.72. The number of rotatable bonds is 13. The van der Waals surface area contributed by atoms with Gasteiger partial charge >= 0.3 is 0 Å². The number of anilines is 1. The minimum atomic E-state index is -4.29. The van der Waals surface area contributed by atoms with E-state index in [9.17, 15) is 22.4 Å². The molecule has 2 amide bonds. The topological polar surface area (TPSA) is 86.8 Å². The van der Waals surface area contributed by atoms with Gasteiger partial charge in [0.15, 0.2) is 0 Å². The molecule has 0 aliphatic carbocycles. The minimum absolute atomic E-state index is 0.0720. The van der Waals surface area contributed by atoms with Crippen molar-refractivity contribution in [2.45, 2.75) is 44.0 Å². The molecule has 1 N–H and O–H groups in total. The maximum absolute atomic E-state index is 14.9. The van der Waals surface area contributed by atoms with Crippen LogP contribution in [0.25, 0.3) is 0 Å². The third kappa shape index (κ3) is 7.41. The number of nitrogens with zero attached hydrogens (tertiary/aromatic N) is 2. The zero-order chi connectivity index (χ0) is 27.5. The molecule has 0 bridgehead atoms. The Balaban J connectivity index is 1.94. The van der Waals surface area contributed by atoms with E-state index in [1.807, 2.05) is 37.3 Å². The fraction of sp³-hybridized carbons (Fsp3) is 0.310. The van der Waals surface area contributed by atoms with Crippen molar-refractivity contribution in [3.05, 3.63) is 96.3 Å². The smallest absolute Gasteiger partial charge is 0.264 e. The van der Waals surface area contributed by atoms with Crippen LogP contribution in [0.4, 0.5) is 10.1 Å². The summed E-state index contributed by atoms with van der Waals surface area (Å²) in [5.41, 5.74) is 0.722. The molecular formula is C29H34FN3O4S. The number of para-hydroxylation sites is 1. The molecule has 0 unspecified atom stereocenters. The first-order valence-corrected chi connectivity index (χ1v) is 14.1. The standard InChI is InChI=1S/C29H34FN3O4S/c1-3-4-20-31-29(35)23(2)32(21-19-24-13-7-5-8-14-24)28(34)22-33(27-18-12-11-17-26(27)30)38(36,37)25-15-9-6-10-16-25/h5-18,23H,3-4,19-22H2,1-2H3,(H,31,35)/t23-/m0/s1. The fourth-order valence-electron chi connectivity index (χ4n) is 3.99. The molecule has 0 aliphatic rings. The number of carbonyl (C=O) groups is 2. The van der Waals surface area contributed by atoms with Crippen molar-refractivity contribution >= 4 is 27.5 Å². The number of nitrogens with one attached hydrogen (secondary N) is 1. The van der Waals surface area contributed by atoms with Crippen LogP contribution < -0.4 is 9.62 Å². The molecule has 0 fully saturated rings. The van der Waals surface area contributed by atoms with Gasteiger partial charge in [-0.05, 0) is 49.6 Å². The minimum Gasteiger partial charge on any atom is -0.354 e. The summed E-state index contributed by atoms with van der Waals surface area (Å²) in [4.78, 5) is 27.9. The first-order chi connectivity index (χ1) is 18.3. The quantitative estimate of drug-likeness (QED) is 0.326. The molecule has 7 nitrogen and oxygen atoms in total. The van der Waals surface area contributed by atoms with Crippen molar-refractivity contribution in [1.29, 1.82) is 0 Å². The van der Waals surface area contributed by atoms with Gasteiger partial charge in [0, 0.05) is 13.1 Å². The average Bonchev–Trinajstić information content (AvgIpc) is 2.93. The van der Waals surface area contributed by atoms with Gasteiger partial charge in [-0.2, -0.15) is 0 Å². The van der Waals surface area contributed by atoms with E-state index in [1.54, 1.807) is 25.1 Å². The predicted molar refractivity (Wildman–Crippen MR) is 147 cm³/mol. The predicted octanol–water partition coefficient (Wildman–Crippen LogP) is 4.40. The summed E-state index contributed by atoms with van der Waals surface area (Å²) in [5, 5.41) is 2.84. The van der Waals surface area contributed by atoms with E-state index in [1.165, 1.54) is 35.2 Å². The zero-order valence-corrected chi connectivity index (χ0v) is 22.5.